The minimum absolute atomic E-state index is 0.203. The van der Waals surface area contributed by atoms with Crippen molar-refractivity contribution >= 4 is 17.5 Å². The number of fused-ring (bicyclic) bond motifs is 2. The third-order valence-electron chi connectivity index (χ3n) is 5.09. The highest BCUT2D eigenvalue weighted by molar-refractivity contribution is 5.96. The molecule has 2 aliphatic rings. The van der Waals surface area contributed by atoms with E-state index in [0.717, 1.165) is 0 Å². The van der Waals surface area contributed by atoms with Crippen molar-refractivity contribution in [1.82, 2.24) is 5.32 Å². The molecular weight excluding hydrogens is 351 g/mol. The molecule has 4 rings (SSSR count). The third kappa shape index (κ3) is 3.04. The van der Waals surface area contributed by atoms with E-state index < -0.39 is 36.0 Å². The first-order chi connectivity index (χ1) is 13.0. The lowest BCUT2D eigenvalue weighted by Crippen LogP contribution is -2.55. The Bertz CT molecular complexity index is 886. The summed E-state index contributed by atoms with van der Waals surface area (Å²) in [5, 5.41) is 13.6. The fourth-order valence-corrected chi connectivity index (χ4v) is 3.88. The maximum atomic E-state index is 13.0. The fourth-order valence-electron chi connectivity index (χ4n) is 3.88. The van der Waals surface area contributed by atoms with Gasteiger partial charge in [-0.1, -0.05) is 12.1 Å². The van der Waals surface area contributed by atoms with E-state index in [1.54, 1.807) is 18.2 Å². The minimum Gasteiger partial charge on any atom is -0.486 e. The van der Waals surface area contributed by atoms with E-state index in [4.69, 9.17) is 4.74 Å². The number of anilines is 1. The molecule has 6 nitrogen and oxygen atoms in total. The van der Waals surface area contributed by atoms with Crippen LogP contribution in [0.1, 0.15) is 23.7 Å². The van der Waals surface area contributed by atoms with E-state index in [2.05, 4.69) is 5.32 Å². The lowest BCUT2D eigenvalue weighted by Gasteiger charge is -2.39. The molecule has 1 aliphatic heterocycles. The normalized spacial score (nSPS) is 26.0. The van der Waals surface area contributed by atoms with Crippen LogP contribution in [0.5, 0.6) is 5.75 Å². The molecular formula is C20H19FN2O4. The Morgan fingerprint density at radius 3 is 2.59 bits per heavy atom. The van der Waals surface area contributed by atoms with Crippen molar-refractivity contribution in [2.24, 2.45) is 0 Å². The molecule has 1 heterocycles. The average Bonchev–Trinajstić information content (AvgIpc) is 2.95. The summed E-state index contributed by atoms with van der Waals surface area (Å²) in [6.07, 6.45) is -1.06. The van der Waals surface area contributed by atoms with Gasteiger partial charge in [-0.15, -0.1) is 0 Å². The number of amides is 2. The van der Waals surface area contributed by atoms with Gasteiger partial charge >= 0.3 is 0 Å². The van der Waals surface area contributed by atoms with Crippen molar-refractivity contribution in [3.63, 3.8) is 0 Å². The number of carbonyl (C=O) groups is 2. The second-order valence-corrected chi connectivity index (χ2v) is 6.82. The van der Waals surface area contributed by atoms with E-state index in [1.165, 1.54) is 36.1 Å². The summed E-state index contributed by atoms with van der Waals surface area (Å²) in [6, 6.07) is 11.2. The molecule has 2 aromatic rings. The topological polar surface area (TPSA) is 78.9 Å². The molecule has 0 saturated heterocycles. The summed E-state index contributed by atoms with van der Waals surface area (Å²) in [5.41, 5.74) is 0.905. The van der Waals surface area contributed by atoms with E-state index >= 15 is 0 Å². The number of hydrogen-bond donors (Lipinski definition) is 2. The monoisotopic (exact) mass is 370 g/mol. The zero-order valence-corrected chi connectivity index (χ0v) is 14.6. The van der Waals surface area contributed by atoms with Crippen LogP contribution in [0.4, 0.5) is 10.1 Å². The van der Waals surface area contributed by atoms with Crippen LogP contribution < -0.4 is 15.0 Å². The summed E-state index contributed by atoms with van der Waals surface area (Å²) in [6.45, 7) is 1.44. The summed E-state index contributed by atoms with van der Waals surface area (Å²) in [4.78, 5) is 26.2. The summed E-state index contributed by atoms with van der Waals surface area (Å²) < 4.78 is 19.0. The number of nitrogens with one attached hydrogen (secondary N) is 1. The van der Waals surface area contributed by atoms with E-state index in [9.17, 15) is 19.1 Å². The highest BCUT2D eigenvalue weighted by Crippen LogP contribution is 2.42. The number of aliphatic hydroxyl groups excluding tert-OH is 1. The molecule has 0 bridgehead atoms. The fraction of sp³-hybridized carbons (Fsp3) is 0.300. The summed E-state index contributed by atoms with van der Waals surface area (Å²) in [5.74, 6) is -0.469. The Morgan fingerprint density at radius 2 is 1.89 bits per heavy atom. The van der Waals surface area contributed by atoms with Crippen molar-refractivity contribution in [2.75, 3.05) is 4.90 Å². The van der Waals surface area contributed by atoms with Crippen molar-refractivity contribution in [2.45, 2.75) is 37.6 Å². The van der Waals surface area contributed by atoms with Gasteiger partial charge in [-0.3, -0.25) is 14.5 Å². The Hall–Kier alpha value is -2.93. The molecule has 0 unspecified atom stereocenters. The van der Waals surface area contributed by atoms with Crippen LogP contribution in [0.25, 0.3) is 0 Å². The number of rotatable bonds is 2. The number of ether oxygens (including phenoxy) is 1. The van der Waals surface area contributed by atoms with Gasteiger partial charge in [0, 0.05) is 18.9 Å². The van der Waals surface area contributed by atoms with Crippen molar-refractivity contribution in [3.8, 4) is 5.75 Å². The second kappa shape index (κ2) is 6.66. The van der Waals surface area contributed by atoms with Gasteiger partial charge in [-0.05, 0) is 36.4 Å². The number of benzene rings is 2. The van der Waals surface area contributed by atoms with Crippen LogP contribution in [-0.2, 0) is 4.79 Å². The molecule has 7 heteroatoms. The standard InChI is InChI=1S/C20H19FN2O4/c1-11(24)23-15-4-2-3-5-16(15)27-17-10-14(19(25)18(17)23)22-20(26)12-6-8-13(21)9-7-12/h2-9,14,17-19,25H,10H2,1H3,(H,22,26)/t14-,17-,18-,19-/m1/s1. The smallest absolute Gasteiger partial charge is 0.251 e. The van der Waals surface area contributed by atoms with Gasteiger partial charge in [0.05, 0.1) is 17.8 Å². The maximum Gasteiger partial charge on any atom is 0.251 e. The highest BCUT2D eigenvalue weighted by Gasteiger charge is 2.51. The molecule has 2 N–H and O–H groups in total. The van der Waals surface area contributed by atoms with Crippen LogP contribution in [0.15, 0.2) is 48.5 Å². The number of para-hydroxylation sites is 2. The van der Waals surface area contributed by atoms with E-state index in [-0.39, 0.29) is 5.91 Å². The molecule has 27 heavy (non-hydrogen) atoms. The van der Waals surface area contributed by atoms with Gasteiger partial charge < -0.3 is 15.2 Å². The summed E-state index contributed by atoms with van der Waals surface area (Å²) >= 11 is 0. The van der Waals surface area contributed by atoms with E-state index in [0.29, 0.717) is 23.4 Å². The number of hydrogen-bond acceptors (Lipinski definition) is 4. The lowest BCUT2D eigenvalue weighted by atomic mass is 10.1. The first-order valence-corrected chi connectivity index (χ1v) is 8.75. The molecule has 2 amide bonds. The first kappa shape index (κ1) is 17.5. The van der Waals surface area contributed by atoms with Crippen LogP contribution in [-0.4, -0.2) is 41.2 Å². The Morgan fingerprint density at radius 1 is 1.19 bits per heavy atom. The molecule has 4 atom stereocenters. The van der Waals surface area contributed by atoms with Crippen LogP contribution in [0.3, 0.4) is 0 Å². The largest absolute Gasteiger partial charge is 0.486 e. The third-order valence-corrected chi connectivity index (χ3v) is 5.09. The Kier molecular flexibility index (Phi) is 4.31. The molecule has 1 aliphatic carbocycles. The minimum atomic E-state index is -0.989. The Labute approximate surface area is 155 Å². The zero-order chi connectivity index (χ0) is 19.1. The quantitative estimate of drug-likeness (QED) is 0.846. The van der Waals surface area contributed by atoms with Crippen LogP contribution in [0.2, 0.25) is 0 Å². The zero-order valence-electron chi connectivity index (χ0n) is 14.6. The lowest BCUT2D eigenvalue weighted by molar-refractivity contribution is -0.118. The number of nitrogens with zero attached hydrogens (tertiary/aromatic N) is 1. The van der Waals surface area contributed by atoms with Gasteiger partial charge in [0.25, 0.3) is 5.91 Å². The van der Waals surface area contributed by atoms with Crippen molar-refractivity contribution in [3.05, 3.63) is 59.9 Å². The van der Waals surface area contributed by atoms with Gasteiger partial charge in [0.15, 0.2) is 0 Å². The van der Waals surface area contributed by atoms with Crippen LogP contribution in [0, 0.1) is 5.82 Å². The number of halogens is 1. The predicted octanol–water partition coefficient (Wildman–Crippen LogP) is 1.87. The van der Waals surface area contributed by atoms with Gasteiger partial charge in [0.2, 0.25) is 5.91 Å². The molecule has 1 saturated carbocycles. The van der Waals surface area contributed by atoms with Gasteiger partial charge in [-0.25, -0.2) is 4.39 Å². The molecule has 0 spiro atoms. The highest BCUT2D eigenvalue weighted by atomic mass is 19.1. The second-order valence-electron chi connectivity index (χ2n) is 6.82. The summed E-state index contributed by atoms with van der Waals surface area (Å²) in [7, 11) is 0. The van der Waals surface area contributed by atoms with Crippen molar-refractivity contribution < 1.29 is 23.8 Å². The Balaban J connectivity index is 1.57. The molecule has 0 radical (unpaired) electrons. The van der Waals surface area contributed by atoms with Crippen LogP contribution >= 0.6 is 0 Å². The molecule has 0 aromatic heterocycles. The molecule has 1 fully saturated rings. The number of aliphatic hydroxyl groups is 1. The predicted molar refractivity (Wildman–Crippen MR) is 96.1 cm³/mol. The van der Waals surface area contributed by atoms with Crippen molar-refractivity contribution in [1.29, 1.82) is 0 Å². The van der Waals surface area contributed by atoms with Gasteiger partial charge in [-0.2, -0.15) is 0 Å². The first-order valence-electron chi connectivity index (χ1n) is 8.75. The number of carbonyl (C=O) groups excluding carboxylic acids is 2. The van der Waals surface area contributed by atoms with E-state index in [1.807, 2.05) is 6.07 Å². The molecule has 140 valence electrons. The maximum absolute atomic E-state index is 13.0. The SMILES string of the molecule is CC(=O)N1c2ccccc2O[C@@H]2C[C@@H](NC(=O)c3ccc(F)cc3)[C@@H](O)[C@@H]21. The average molecular weight is 370 g/mol. The van der Waals surface area contributed by atoms with Gasteiger partial charge in [0.1, 0.15) is 23.7 Å². The molecule has 2 aromatic carbocycles.